The highest BCUT2D eigenvalue weighted by molar-refractivity contribution is 8.00. The minimum absolute atomic E-state index is 0.00442. The quantitative estimate of drug-likeness (QED) is 0.427. The first-order valence-electron chi connectivity index (χ1n) is 13.8. The molecule has 41 heavy (non-hydrogen) atoms. The molecule has 9 nitrogen and oxygen atoms in total. The van der Waals surface area contributed by atoms with Crippen molar-refractivity contribution >= 4 is 41.0 Å². The van der Waals surface area contributed by atoms with E-state index in [1.807, 2.05) is 36.4 Å². The van der Waals surface area contributed by atoms with Crippen molar-refractivity contribution in [3.8, 4) is 17.2 Å². The van der Waals surface area contributed by atoms with Crippen LogP contribution < -0.4 is 19.7 Å². The molecule has 0 saturated carbocycles. The summed E-state index contributed by atoms with van der Waals surface area (Å²) in [7, 11) is 0. The average Bonchev–Trinajstić information content (AvgIpc) is 3.69. The monoisotopic (exact) mass is 596 g/mol. The van der Waals surface area contributed by atoms with Gasteiger partial charge in [-0.05, 0) is 48.7 Å². The van der Waals surface area contributed by atoms with E-state index < -0.39 is 0 Å². The topological polar surface area (TPSA) is 94.9 Å². The fourth-order valence-electron chi connectivity index (χ4n) is 5.43. The maximum atomic E-state index is 13.8. The van der Waals surface area contributed by atoms with Crippen LogP contribution in [0.25, 0.3) is 5.69 Å². The maximum Gasteiger partial charge on any atom is 0.240 e. The van der Waals surface area contributed by atoms with Crippen LogP contribution in [0, 0.1) is 0 Å². The number of nitrogens with zero attached hydrogens (tertiary/aromatic N) is 3. The number of thioether (sulfide) groups is 1. The third-order valence-electron chi connectivity index (χ3n) is 7.40. The molecule has 0 aliphatic carbocycles. The Hall–Kier alpha value is -3.21. The molecule has 0 bridgehead atoms. The number of hydrogen-bond donors (Lipinski definition) is 1. The number of carbonyl (C=O) groups is 2. The van der Waals surface area contributed by atoms with Crippen LogP contribution in [0.4, 0.5) is 5.82 Å². The number of nitrogens with one attached hydrogen (secondary N) is 1. The molecule has 3 aliphatic heterocycles. The molecule has 4 heterocycles. The summed E-state index contributed by atoms with van der Waals surface area (Å²) in [5.74, 6) is 1.70. The van der Waals surface area contributed by atoms with Gasteiger partial charge in [0.15, 0.2) is 11.5 Å². The van der Waals surface area contributed by atoms with E-state index in [1.165, 1.54) is 11.8 Å². The lowest BCUT2D eigenvalue weighted by atomic mass is 9.87. The molecule has 2 aromatic carbocycles. The lowest BCUT2D eigenvalue weighted by molar-refractivity contribution is -0.123. The fourth-order valence-corrected chi connectivity index (χ4v) is 6.81. The number of hydrogen-bond acceptors (Lipinski definition) is 7. The van der Waals surface area contributed by atoms with Crippen LogP contribution in [0.5, 0.6) is 11.5 Å². The van der Waals surface area contributed by atoms with Crippen molar-refractivity contribution in [3.05, 3.63) is 64.3 Å². The smallest absolute Gasteiger partial charge is 0.240 e. The van der Waals surface area contributed by atoms with Crippen LogP contribution in [0.15, 0.2) is 42.5 Å². The highest BCUT2D eigenvalue weighted by Gasteiger charge is 2.40. The van der Waals surface area contributed by atoms with E-state index in [9.17, 15) is 9.59 Å². The lowest BCUT2D eigenvalue weighted by Gasteiger charge is -2.25. The van der Waals surface area contributed by atoms with E-state index in [2.05, 4.69) is 26.1 Å². The standard InChI is InChI=1S/C30H33ClN4O5S/c1-30(2,3)28-26-27(18-9-10-22-23(12-18)40-17-39-22)41-16-25(37)34(15-24(36)32-14-21-8-5-11-38-21)29(26)35(33-28)20-7-4-6-19(31)13-20/h4,6-7,9-10,12-13,21,27H,5,8,11,14-17H2,1-3H3,(H,32,36)/t21-,27+/m1/s1. The second-order valence-electron chi connectivity index (χ2n) is 11.5. The molecule has 6 rings (SSSR count). The molecule has 1 N–H and O–H groups in total. The molecule has 1 aromatic heterocycles. The normalized spacial score (nSPS) is 20.2. The van der Waals surface area contributed by atoms with Gasteiger partial charge in [0, 0.05) is 29.2 Å². The summed E-state index contributed by atoms with van der Waals surface area (Å²) in [5.41, 5.74) is 3.03. The second-order valence-corrected chi connectivity index (χ2v) is 13.0. The summed E-state index contributed by atoms with van der Waals surface area (Å²) < 4.78 is 18.7. The minimum Gasteiger partial charge on any atom is -0.454 e. The fraction of sp³-hybridized carbons (Fsp3) is 0.433. The summed E-state index contributed by atoms with van der Waals surface area (Å²) in [5, 5.41) is 8.39. The molecule has 0 spiro atoms. The predicted molar refractivity (Wildman–Crippen MR) is 158 cm³/mol. The van der Waals surface area contributed by atoms with Crippen LogP contribution in [0.3, 0.4) is 0 Å². The van der Waals surface area contributed by atoms with Crippen molar-refractivity contribution in [1.29, 1.82) is 0 Å². The van der Waals surface area contributed by atoms with Crippen LogP contribution in [-0.4, -0.2) is 59.9 Å². The van der Waals surface area contributed by atoms with E-state index in [0.29, 0.717) is 41.2 Å². The largest absolute Gasteiger partial charge is 0.454 e. The highest BCUT2D eigenvalue weighted by Crippen LogP contribution is 2.50. The first-order valence-corrected chi connectivity index (χ1v) is 15.2. The molecule has 1 saturated heterocycles. The highest BCUT2D eigenvalue weighted by atomic mass is 35.5. The van der Waals surface area contributed by atoms with Gasteiger partial charge >= 0.3 is 0 Å². The first-order chi connectivity index (χ1) is 19.7. The van der Waals surface area contributed by atoms with Crippen molar-refractivity contribution in [3.63, 3.8) is 0 Å². The van der Waals surface area contributed by atoms with Gasteiger partial charge in [0.1, 0.15) is 12.4 Å². The molecule has 3 aliphatic rings. The summed E-state index contributed by atoms with van der Waals surface area (Å²) >= 11 is 7.93. The van der Waals surface area contributed by atoms with Crippen molar-refractivity contribution < 1.29 is 23.8 Å². The Morgan fingerprint density at radius 2 is 2.00 bits per heavy atom. The van der Waals surface area contributed by atoms with Crippen molar-refractivity contribution in [2.75, 3.05) is 37.1 Å². The molecular weight excluding hydrogens is 564 g/mol. The lowest BCUT2D eigenvalue weighted by Crippen LogP contribution is -2.44. The number of halogens is 1. The summed E-state index contributed by atoms with van der Waals surface area (Å²) in [6.07, 6.45) is 1.91. The van der Waals surface area contributed by atoms with Gasteiger partial charge in [-0.2, -0.15) is 5.10 Å². The van der Waals surface area contributed by atoms with E-state index >= 15 is 0 Å². The van der Waals surface area contributed by atoms with Crippen LogP contribution in [-0.2, 0) is 19.7 Å². The van der Waals surface area contributed by atoms with Crippen LogP contribution in [0.2, 0.25) is 5.02 Å². The SMILES string of the molecule is CC(C)(C)c1nn(-c2cccc(Cl)c2)c2c1[C@H](c1ccc3c(c1)OCO3)SCC(=O)N2CC(=O)NC[C@H]1CCCO1. The van der Waals surface area contributed by atoms with E-state index in [1.54, 1.807) is 15.6 Å². The average molecular weight is 597 g/mol. The Morgan fingerprint density at radius 1 is 1.17 bits per heavy atom. The van der Waals surface area contributed by atoms with Gasteiger partial charge in [-0.15, -0.1) is 11.8 Å². The van der Waals surface area contributed by atoms with Gasteiger partial charge in [-0.25, -0.2) is 4.68 Å². The zero-order chi connectivity index (χ0) is 28.7. The molecule has 2 atom stereocenters. The van der Waals surface area contributed by atoms with E-state index in [-0.39, 0.29) is 47.7 Å². The molecule has 11 heteroatoms. The number of anilines is 1. The second kappa shape index (κ2) is 11.2. The number of rotatable bonds is 6. The van der Waals surface area contributed by atoms with Crippen molar-refractivity contribution in [1.82, 2.24) is 15.1 Å². The van der Waals surface area contributed by atoms with Crippen LogP contribution in [0.1, 0.15) is 55.7 Å². The Bertz CT molecular complexity index is 1480. The van der Waals surface area contributed by atoms with Gasteiger partial charge in [0.05, 0.1) is 28.5 Å². The van der Waals surface area contributed by atoms with Gasteiger partial charge in [-0.3, -0.25) is 14.5 Å². The number of amides is 2. The number of ether oxygens (including phenoxy) is 3. The molecule has 0 unspecified atom stereocenters. The Labute approximate surface area is 248 Å². The van der Waals surface area contributed by atoms with Crippen molar-refractivity contribution in [2.45, 2.75) is 50.4 Å². The Kier molecular flexibility index (Phi) is 7.65. The number of fused-ring (bicyclic) bond motifs is 2. The Balaban J connectivity index is 1.48. The summed E-state index contributed by atoms with van der Waals surface area (Å²) in [4.78, 5) is 28.7. The van der Waals surface area contributed by atoms with Crippen LogP contribution >= 0.6 is 23.4 Å². The van der Waals surface area contributed by atoms with E-state index in [4.69, 9.17) is 30.9 Å². The molecular formula is C30H33ClN4O5S. The molecule has 216 valence electrons. The molecule has 2 amide bonds. The summed E-state index contributed by atoms with van der Waals surface area (Å²) in [6.45, 7) is 7.47. The van der Waals surface area contributed by atoms with E-state index in [0.717, 1.165) is 29.7 Å². The third kappa shape index (κ3) is 5.65. The Morgan fingerprint density at radius 3 is 2.76 bits per heavy atom. The predicted octanol–water partition coefficient (Wildman–Crippen LogP) is 5.02. The zero-order valence-electron chi connectivity index (χ0n) is 23.3. The van der Waals surface area contributed by atoms with Gasteiger partial charge in [0.2, 0.25) is 18.6 Å². The molecule has 3 aromatic rings. The number of carbonyl (C=O) groups excluding carboxylic acids is 2. The first kappa shape index (κ1) is 27.9. The van der Waals surface area contributed by atoms with Gasteiger partial charge in [0.25, 0.3) is 0 Å². The minimum atomic E-state index is -0.371. The number of benzene rings is 2. The maximum absolute atomic E-state index is 13.8. The zero-order valence-corrected chi connectivity index (χ0v) is 24.9. The molecule has 0 radical (unpaired) electrons. The van der Waals surface area contributed by atoms with Gasteiger partial charge in [-0.1, -0.05) is 44.5 Å². The molecule has 1 fully saturated rings. The third-order valence-corrected chi connectivity index (χ3v) is 8.89. The van der Waals surface area contributed by atoms with Crippen molar-refractivity contribution in [2.24, 2.45) is 0 Å². The number of aromatic nitrogens is 2. The summed E-state index contributed by atoms with van der Waals surface area (Å²) in [6, 6.07) is 13.2. The van der Waals surface area contributed by atoms with Gasteiger partial charge < -0.3 is 19.5 Å².